The number of nitrogens with one attached hydrogen (secondary N) is 1. The summed E-state index contributed by atoms with van der Waals surface area (Å²) in [6.45, 7) is 10.5. The summed E-state index contributed by atoms with van der Waals surface area (Å²) in [5.41, 5.74) is -0.227. The Morgan fingerprint density at radius 2 is 1.71 bits per heavy atom. The van der Waals surface area contributed by atoms with E-state index in [1.165, 1.54) is 6.33 Å². The Morgan fingerprint density at radius 1 is 1.09 bits per heavy atom. The molecular weight excluding hydrogens is 457 g/mol. The van der Waals surface area contributed by atoms with Crippen LogP contribution in [0.15, 0.2) is 24.8 Å². The van der Waals surface area contributed by atoms with Crippen molar-refractivity contribution < 1.29 is 23.6 Å². The molecule has 2 aromatic rings. The lowest BCUT2D eigenvalue weighted by molar-refractivity contribution is -0.184. The molecule has 0 aliphatic heterocycles. The van der Waals surface area contributed by atoms with Crippen LogP contribution in [0.5, 0.6) is 0 Å². The van der Waals surface area contributed by atoms with Crippen LogP contribution in [-0.2, 0) is 30.2 Å². The smallest absolute Gasteiger partial charge is 0.314 e. The van der Waals surface area contributed by atoms with E-state index in [4.69, 9.17) is 9.47 Å². The summed E-state index contributed by atoms with van der Waals surface area (Å²) in [5.74, 6) is -0.437. The number of aromatic nitrogens is 4. The number of ether oxygens (including phenoxy) is 2. The highest BCUT2D eigenvalue weighted by molar-refractivity contribution is 7.45. The fourth-order valence-electron chi connectivity index (χ4n) is 2.73. The van der Waals surface area contributed by atoms with Gasteiger partial charge in [-0.3, -0.25) is 9.59 Å². The minimum absolute atomic E-state index is 0.111. The molecule has 1 aliphatic rings. The van der Waals surface area contributed by atoms with Crippen LogP contribution in [-0.4, -0.2) is 49.7 Å². The van der Waals surface area contributed by atoms with Gasteiger partial charge >= 0.3 is 11.9 Å². The monoisotopic (exact) mass is 491 g/mol. The zero-order chi connectivity index (χ0) is 25.1. The lowest BCUT2D eigenvalue weighted by Gasteiger charge is -2.25. The second-order valence-corrected chi connectivity index (χ2v) is 12.3. The minimum atomic E-state index is -2.62. The van der Waals surface area contributed by atoms with Gasteiger partial charge in [-0.25, -0.2) is 15.0 Å². The van der Waals surface area contributed by atoms with Gasteiger partial charge in [0, 0.05) is 18.7 Å². The molecule has 11 heteroatoms. The van der Waals surface area contributed by atoms with Crippen molar-refractivity contribution in [2.24, 2.45) is 10.8 Å². The van der Waals surface area contributed by atoms with Crippen molar-refractivity contribution in [3.8, 4) is 0 Å². The molecule has 0 aromatic carbocycles. The second-order valence-electron chi connectivity index (χ2n) is 10.5. The first-order valence-electron chi connectivity index (χ1n) is 11.4. The van der Waals surface area contributed by atoms with E-state index < -0.39 is 36.6 Å². The number of anilines is 1. The van der Waals surface area contributed by atoms with Crippen LogP contribution < -0.4 is 5.32 Å². The maximum atomic E-state index is 12.9. The summed E-state index contributed by atoms with van der Waals surface area (Å²) in [7, 11) is -2.62. The lowest BCUT2D eigenvalue weighted by atomic mass is 9.97. The molecule has 1 unspecified atom stereocenters. The van der Waals surface area contributed by atoms with Crippen LogP contribution in [0.4, 0.5) is 5.82 Å². The largest absolute Gasteiger partial charge is 0.418 e. The maximum absolute atomic E-state index is 12.9. The molecule has 0 amide bonds. The number of carbonyl (C=O) groups is 2. The Labute approximate surface area is 200 Å². The van der Waals surface area contributed by atoms with Gasteiger partial charge in [0.05, 0.1) is 17.2 Å². The summed E-state index contributed by atoms with van der Waals surface area (Å²) >= 11 is 0. The van der Waals surface area contributed by atoms with E-state index in [-0.39, 0.29) is 6.16 Å². The standard InChI is InChI=1S/C23H34N5O5P/c1-22(2,3)19(29)32-21(33-20(30)23(4,5)6)34(31)12-8-7-11-28-14-26-16-17(27-15-9-10-15)24-13-25-18(16)28/h7-8,13-15,21,34H,9-12H2,1-6H3,(H,24,25,27)/b8-7+. The van der Waals surface area contributed by atoms with Gasteiger partial charge in [0.15, 0.2) is 19.3 Å². The molecule has 1 aliphatic carbocycles. The van der Waals surface area contributed by atoms with Crippen molar-refractivity contribution in [3.63, 3.8) is 0 Å². The Morgan fingerprint density at radius 3 is 2.26 bits per heavy atom. The van der Waals surface area contributed by atoms with Gasteiger partial charge < -0.3 is 23.9 Å². The van der Waals surface area contributed by atoms with Gasteiger partial charge in [0.2, 0.25) is 0 Å². The SMILES string of the molecule is CC(C)(C)C(=O)OC(OC(=O)C(C)(C)C)[PH](=O)C/C=C/Cn1cnc2c(NC3CC3)ncnc21. The molecule has 2 heterocycles. The third-order valence-corrected chi connectivity index (χ3v) is 6.42. The van der Waals surface area contributed by atoms with E-state index >= 15 is 0 Å². The fourth-order valence-corrected chi connectivity index (χ4v) is 3.80. The summed E-state index contributed by atoms with van der Waals surface area (Å²) in [4.78, 5) is 37.7. The number of rotatable bonds is 9. The van der Waals surface area contributed by atoms with E-state index in [1.807, 2.05) is 10.6 Å². The predicted octanol–water partition coefficient (Wildman–Crippen LogP) is 3.98. The van der Waals surface area contributed by atoms with Crippen LogP contribution in [0.25, 0.3) is 11.2 Å². The van der Waals surface area contributed by atoms with E-state index in [9.17, 15) is 14.2 Å². The molecule has 34 heavy (non-hydrogen) atoms. The number of hydrogen-bond acceptors (Lipinski definition) is 9. The van der Waals surface area contributed by atoms with Crippen LogP contribution in [0.3, 0.4) is 0 Å². The first kappa shape index (κ1) is 25.9. The summed E-state index contributed by atoms with van der Waals surface area (Å²) in [6.07, 6.45) is 9.11. The van der Waals surface area contributed by atoms with Crippen LogP contribution in [0, 0.1) is 10.8 Å². The number of fused-ring (bicyclic) bond motifs is 1. The summed E-state index contributed by atoms with van der Waals surface area (Å²) in [5, 5.41) is 3.35. The topological polar surface area (TPSA) is 125 Å². The normalized spacial score (nSPS) is 15.6. The van der Waals surface area contributed by atoms with Gasteiger partial charge in [-0.05, 0) is 54.4 Å². The molecule has 186 valence electrons. The van der Waals surface area contributed by atoms with Crippen LogP contribution in [0.2, 0.25) is 0 Å². The summed E-state index contributed by atoms with van der Waals surface area (Å²) in [6, 6.07) is -0.959. The molecular formula is C23H34N5O5P. The maximum Gasteiger partial charge on any atom is 0.314 e. The van der Waals surface area contributed by atoms with Crippen molar-refractivity contribution in [3.05, 3.63) is 24.8 Å². The van der Waals surface area contributed by atoms with Gasteiger partial charge in [-0.1, -0.05) is 12.2 Å². The predicted molar refractivity (Wildman–Crippen MR) is 130 cm³/mol. The number of hydrogen-bond donors (Lipinski definition) is 1. The first-order chi connectivity index (χ1) is 15.9. The lowest BCUT2D eigenvalue weighted by Crippen LogP contribution is -2.33. The van der Waals surface area contributed by atoms with Crippen LogP contribution in [0.1, 0.15) is 54.4 Å². The zero-order valence-corrected chi connectivity index (χ0v) is 21.6. The third-order valence-electron chi connectivity index (χ3n) is 5.02. The van der Waals surface area contributed by atoms with Gasteiger partial charge in [0.25, 0.3) is 6.03 Å². The Hall–Kier alpha value is -2.74. The highest BCUT2D eigenvalue weighted by atomic mass is 31.1. The van der Waals surface area contributed by atoms with Gasteiger partial charge in [0.1, 0.15) is 11.8 Å². The average molecular weight is 492 g/mol. The molecule has 1 saturated carbocycles. The third kappa shape index (κ3) is 6.88. The molecule has 0 saturated heterocycles. The number of carbonyl (C=O) groups excluding carboxylic acids is 2. The molecule has 3 rings (SSSR count). The Bertz CT molecular complexity index is 1070. The highest BCUT2D eigenvalue weighted by Crippen LogP contribution is 2.34. The average Bonchev–Trinajstić information content (AvgIpc) is 3.46. The van der Waals surface area contributed by atoms with E-state index in [0.29, 0.717) is 23.8 Å². The Balaban J connectivity index is 1.64. The molecule has 2 aromatic heterocycles. The van der Waals surface area contributed by atoms with Crippen molar-refractivity contribution in [2.45, 2.75) is 73.0 Å². The second kappa shape index (κ2) is 10.3. The molecule has 0 spiro atoms. The fraction of sp³-hybridized carbons (Fsp3) is 0.609. The number of nitrogens with zero attached hydrogens (tertiary/aromatic N) is 4. The van der Waals surface area contributed by atoms with Crippen molar-refractivity contribution >= 4 is 36.7 Å². The van der Waals surface area contributed by atoms with Crippen LogP contribution >= 0.6 is 7.80 Å². The van der Waals surface area contributed by atoms with Gasteiger partial charge in [-0.2, -0.15) is 0 Å². The van der Waals surface area contributed by atoms with E-state index in [1.54, 1.807) is 53.9 Å². The first-order valence-corrected chi connectivity index (χ1v) is 13.1. The number of allylic oxidation sites excluding steroid dienone is 2. The summed E-state index contributed by atoms with van der Waals surface area (Å²) < 4.78 is 25.4. The molecule has 0 radical (unpaired) electrons. The zero-order valence-electron chi connectivity index (χ0n) is 20.6. The number of imidazole rings is 1. The van der Waals surface area contributed by atoms with Crippen molar-refractivity contribution in [1.82, 2.24) is 19.5 Å². The van der Waals surface area contributed by atoms with Crippen molar-refractivity contribution in [2.75, 3.05) is 11.5 Å². The van der Waals surface area contributed by atoms with Gasteiger partial charge in [-0.15, -0.1) is 0 Å². The molecule has 1 N–H and O–H groups in total. The molecule has 10 nitrogen and oxygen atoms in total. The highest BCUT2D eigenvalue weighted by Gasteiger charge is 2.34. The Kier molecular flexibility index (Phi) is 7.81. The van der Waals surface area contributed by atoms with E-state index in [0.717, 1.165) is 18.7 Å². The number of esters is 2. The van der Waals surface area contributed by atoms with Crippen molar-refractivity contribution in [1.29, 1.82) is 0 Å². The minimum Gasteiger partial charge on any atom is -0.418 e. The van der Waals surface area contributed by atoms with E-state index in [2.05, 4.69) is 20.3 Å². The molecule has 0 bridgehead atoms. The quantitative estimate of drug-likeness (QED) is 0.240. The molecule has 1 fully saturated rings. The molecule has 1 atom stereocenters.